The summed E-state index contributed by atoms with van der Waals surface area (Å²) in [6.07, 6.45) is 5.26. The van der Waals surface area contributed by atoms with Crippen LogP contribution in [0.3, 0.4) is 0 Å². The van der Waals surface area contributed by atoms with Gasteiger partial charge in [0.2, 0.25) is 5.95 Å². The molecule has 4 rings (SSSR count). The van der Waals surface area contributed by atoms with Crippen LogP contribution in [0.15, 0.2) is 48.4 Å². The predicted molar refractivity (Wildman–Crippen MR) is 114 cm³/mol. The van der Waals surface area contributed by atoms with Crippen molar-refractivity contribution in [2.75, 3.05) is 18.0 Å². The molecule has 0 saturated heterocycles. The number of benzene rings is 1. The molecule has 29 heavy (non-hydrogen) atoms. The van der Waals surface area contributed by atoms with E-state index in [0.29, 0.717) is 12.0 Å². The molecule has 1 aromatic heterocycles. The first-order valence-electron chi connectivity index (χ1n) is 10.6. The van der Waals surface area contributed by atoms with Gasteiger partial charge in [-0.3, -0.25) is 4.79 Å². The summed E-state index contributed by atoms with van der Waals surface area (Å²) in [5, 5.41) is 9.87. The molecule has 1 heterocycles. The number of fused-ring (bicyclic) bond motifs is 3. The Bertz CT molecular complexity index is 936. The molecule has 152 valence electrons. The summed E-state index contributed by atoms with van der Waals surface area (Å²) in [6.45, 7) is 7.90. The van der Waals surface area contributed by atoms with Crippen molar-refractivity contribution in [2.45, 2.75) is 45.4 Å². The Morgan fingerprint density at radius 2 is 1.97 bits per heavy atom. The van der Waals surface area contributed by atoms with E-state index in [0.717, 1.165) is 55.0 Å². The lowest BCUT2D eigenvalue weighted by atomic mass is 9.52. The Labute approximate surface area is 172 Å². The Morgan fingerprint density at radius 3 is 2.62 bits per heavy atom. The van der Waals surface area contributed by atoms with Gasteiger partial charge in [0.05, 0.1) is 12.0 Å². The van der Waals surface area contributed by atoms with E-state index in [1.165, 1.54) is 0 Å². The average molecular weight is 392 g/mol. The Kier molecular flexibility index (Phi) is 5.15. The number of hydrogen-bond donors (Lipinski definition) is 1. The van der Waals surface area contributed by atoms with Crippen LogP contribution >= 0.6 is 0 Å². The van der Waals surface area contributed by atoms with Crippen molar-refractivity contribution in [1.82, 2.24) is 9.97 Å². The summed E-state index contributed by atoms with van der Waals surface area (Å²) in [6, 6.07) is 10.4. The molecule has 0 unspecified atom stereocenters. The third-order valence-corrected chi connectivity index (χ3v) is 6.93. The van der Waals surface area contributed by atoms with Crippen LogP contribution in [0.4, 0.5) is 5.95 Å². The summed E-state index contributed by atoms with van der Waals surface area (Å²) in [4.78, 5) is 24.8. The van der Waals surface area contributed by atoms with Gasteiger partial charge in [0.25, 0.3) is 0 Å². The summed E-state index contributed by atoms with van der Waals surface area (Å²) < 4.78 is 0. The number of nitrogens with zero attached hydrogens (tertiary/aromatic N) is 3. The largest absolute Gasteiger partial charge is 0.515 e. The molecule has 3 atom stereocenters. The molecule has 1 aromatic carbocycles. The van der Waals surface area contributed by atoms with E-state index in [2.05, 4.69) is 35.9 Å². The molecule has 5 heteroatoms. The van der Waals surface area contributed by atoms with E-state index in [-0.39, 0.29) is 17.6 Å². The normalized spacial score (nSPS) is 27.4. The molecule has 5 nitrogen and oxygen atoms in total. The standard InChI is InChI=1S/C24H29N3O2/c1-4-27(5-2)23-25-14-17-11-12-20-16(3)21(29)18(15-28)13-24(20,22(17)26-23)19-9-7-6-8-10-19/h6-10,14-16,20,28H,4-5,11-13H2,1-3H3/t16-,20-,24+/m0/s1. The smallest absolute Gasteiger partial charge is 0.225 e. The van der Waals surface area contributed by atoms with Gasteiger partial charge in [0, 0.05) is 36.2 Å². The van der Waals surface area contributed by atoms with E-state index in [4.69, 9.17) is 4.98 Å². The fraction of sp³-hybridized carbons (Fsp3) is 0.458. The van der Waals surface area contributed by atoms with Crippen molar-refractivity contribution < 1.29 is 9.90 Å². The van der Waals surface area contributed by atoms with Gasteiger partial charge in [0.1, 0.15) is 0 Å². The van der Waals surface area contributed by atoms with Crippen LogP contribution in [-0.2, 0) is 16.6 Å². The number of ketones is 1. The van der Waals surface area contributed by atoms with Crippen molar-refractivity contribution in [3.8, 4) is 0 Å². The zero-order valence-electron chi connectivity index (χ0n) is 17.4. The number of aliphatic hydroxyl groups is 1. The first kappa shape index (κ1) is 19.6. The number of rotatable bonds is 4. The number of hydrogen-bond acceptors (Lipinski definition) is 5. The summed E-state index contributed by atoms with van der Waals surface area (Å²) in [5.41, 5.74) is 3.40. The molecule has 1 fully saturated rings. The zero-order valence-corrected chi connectivity index (χ0v) is 17.4. The molecule has 2 aliphatic rings. The molecule has 0 spiro atoms. The number of carbonyl (C=O) groups is 1. The molecule has 1 N–H and O–H groups in total. The van der Waals surface area contributed by atoms with Crippen LogP contribution in [0.25, 0.3) is 0 Å². The van der Waals surface area contributed by atoms with Gasteiger partial charge in [-0.05, 0) is 50.2 Å². The number of allylic oxidation sites excluding steroid dienone is 1. The van der Waals surface area contributed by atoms with Crippen LogP contribution in [0.5, 0.6) is 0 Å². The number of aryl methyl sites for hydroxylation is 1. The Balaban J connectivity index is 1.99. The van der Waals surface area contributed by atoms with Gasteiger partial charge < -0.3 is 10.0 Å². The van der Waals surface area contributed by atoms with E-state index in [1.807, 2.05) is 31.3 Å². The number of aliphatic hydroxyl groups excluding tert-OH is 1. The van der Waals surface area contributed by atoms with Crippen molar-refractivity contribution in [3.63, 3.8) is 0 Å². The third-order valence-electron chi connectivity index (χ3n) is 6.93. The van der Waals surface area contributed by atoms with Gasteiger partial charge in [-0.25, -0.2) is 9.97 Å². The number of Topliss-reactive ketones (excluding diaryl/α,β-unsaturated/α-hetero) is 1. The highest BCUT2D eigenvalue weighted by molar-refractivity contribution is 5.98. The van der Waals surface area contributed by atoms with E-state index in [1.54, 1.807) is 0 Å². The van der Waals surface area contributed by atoms with Crippen LogP contribution < -0.4 is 4.90 Å². The highest BCUT2D eigenvalue weighted by Gasteiger charge is 2.54. The molecular weight excluding hydrogens is 362 g/mol. The SMILES string of the molecule is CCN(CC)c1ncc2c(n1)[C@@]1(c3ccccc3)CC(=CO)C(=O)[C@@H](C)[C@@H]1CC2. The molecule has 0 amide bonds. The van der Waals surface area contributed by atoms with Gasteiger partial charge in [0.15, 0.2) is 5.78 Å². The predicted octanol–water partition coefficient (Wildman–Crippen LogP) is 4.22. The first-order chi connectivity index (χ1) is 14.1. The van der Waals surface area contributed by atoms with Gasteiger partial charge >= 0.3 is 0 Å². The number of carbonyl (C=O) groups excluding carboxylic acids is 1. The number of aromatic nitrogens is 2. The van der Waals surface area contributed by atoms with Crippen LogP contribution in [0, 0.1) is 11.8 Å². The quantitative estimate of drug-likeness (QED) is 0.624. The van der Waals surface area contributed by atoms with Crippen LogP contribution in [-0.4, -0.2) is 33.9 Å². The maximum Gasteiger partial charge on any atom is 0.225 e. The monoisotopic (exact) mass is 391 g/mol. The lowest BCUT2D eigenvalue weighted by molar-refractivity contribution is -0.123. The molecular formula is C24H29N3O2. The first-order valence-corrected chi connectivity index (χ1v) is 10.6. The number of anilines is 1. The van der Waals surface area contributed by atoms with Crippen molar-refractivity contribution in [3.05, 3.63) is 65.2 Å². The van der Waals surface area contributed by atoms with Crippen LogP contribution in [0.1, 0.15) is 50.4 Å². The highest BCUT2D eigenvalue weighted by atomic mass is 16.2. The highest BCUT2D eigenvalue weighted by Crippen LogP contribution is 2.55. The van der Waals surface area contributed by atoms with Crippen molar-refractivity contribution >= 4 is 11.7 Å². The summed E-state index contributed by atoms with van der Waals surface area (Å²) in [7, 11) is 0. The van der Waals surface area contributed by atoms with Gasteiger partial charge in [-0.15, -0.1) is 0 Å². The summed E-state index contributed by atoms with van der Waals surface area (Å²) >= 11 is 0. The Hall–Kier alpha value is -2.69. The third kappa shape index (κ3) is 2.95. The molecule has 0 aliphatic heterocycles. The minimum atomic E-state index is -0.429. The lowest BCUT2D eigenvalue weighted by Gasteiger charge is -2.50. The molecule has 0 bridgehead atoms. The maximum atomic E-state index is 12.9. The molecule has 2 aromatic rings. The fourth-order valence-electron chi connectivity index (χ4n) is 5.41. The van der Waals surface area contributed by atoms with E-state index in [9.17, 15) is 9.90 Å². The van der Waals surface area contributed by atoms with E-state index < -0.39 is 5.41 Å². The van der Waals surface area contributed by atoms with Crippen molar-refractivity contribution in [1.29, 1.82) is 0 Å². The second kappa shape index (κ2) is 7.62. The second-order valence-electron chi connectivity index (χ2n) is 8.18. The second-order valence-corrected chi connectivity index (χ2v) is 8.18. The van der Waals surface area contributed by atoms with Crippen molar-refractivity contribution in [2.24, 2.45) is 11.8 Å². The topological polar surface area (TPSA) is 66.3 Å². The minimum absolute atomic E-state index is 0.0607. The van der Waals surface area contributed by atoms with Crippen LogP contribution in [0.2, 0.25) is 0 Å². The fourth-order valence-corrected chi connectivity index (χ4v) is 5.41. The Morgan fingerprint density at radius 1 is 1.24 bits per heavy atom. The van der Waals surface area contributed by atoms with Gasteiger partial charge in [-0.2, -0.15) is 0 Å². The molecule has 1 saturated carbocycles. The maximum absolute atomic E-state index is 12.9. The van der Waals surface area contributed by atoms with E-state index >= 15 is 0 Å². The zero-order chi connectivity index (χ0) is 20.6. The molecule has 2 aliphatic carbocycles. The van der Waals surface area contributed by atoms with Gasteiger partial charge in [-0.1, -0.05) is 37.3 Å². The average Bonchev–Trinajstić information content (AvgIpc) is 2.77. The summed E-state index contributed by atoms with van der Waals surface area (Å²) in [5.74, 6) is 0.782. The lowest BCUT2D eigenvalue weighted by Crippen LogP contribution is -2.51. The minimum Gasteiger partial charge on any atom is -0.515 e. The molecule has 0 radical (unpaired) electrons.